The molecule has 0 aromatic heterocycles. The van der Waals surface area contributed by atoms with Crippen LogP contribution in [0, 0.1) is 71.5 Å². The van der Waals surface area contributed by atoms with Crippen molar-refractivity contribution < 1.29 is 39.8 Å². The van der Waals surface area contributed by atoms with Crippen LogP contribution in [0.5, 0.6) is 11.5 Å². The Bertz CT molecular complexity index is 1280. The smallest absolute Gasteiger partial charge is 0.324 e. The Hall–Kier alpha value is -7.02. The Kier molecular flexibility index (Phi) is 11.5. The number of nitrogens with zero attached hydrogens (tertiary/aromatic N) is 8. The minimum absolute atomic E-state index is 0.447. The number of guanidine groups is 2. The minimum atomic E-state index is -1.21. The summed E-state index contributed by atoms with van der Waals surface area (Å²) in [5.74, 6) is -3.33. The van der Waals surface area contributed by atoms with Gasteiger partial charge in [0.25, 0.3) is 22.9 Å². The summed E-state index contributed by atoms with van der Waals surface area (Å²) in [6.07, 6.45) is 0. The van der Waals surface area contributed by atoms with Gasteiger partial charge >= 0.3 is 22.7 Å². The molecule has 2 aromatic rings. The van der Waals surface area contributed by atoms with Crippen LogP contribution in [-0.4, -0.2) is 51.7 Å². The van der Waals surface area contributed by atoms with Crippen LogP contribution in [-0.2, 0) is 0 Å². The molecule has 0 saturated heterocycles. The zero-order valence-electron chi connectivity index (χ0n) is 18.8. The van der Waals surface area contributed by atoms with Crippen LogP contribution in [0.4, 0.5) is 34.1 Å². The third-order valence-electron chi connectivity index (χ3n) is 3.58. The summed E-state index contributed by atoms with van der Waals surface area (Å²) >= 11 is 0. The average Bonchev–Trinajstić information content (AvgIpc) is 2.82. The summed E-state index contributed by atoms with van der Waals surface area (Å²) in [4.78, 5) is 55.5. The number of azo groups is 1. The van der Waals surface area contributed by atoms with Crippen molar-refractivity contribution in [1.82, 2.24) is 0 Å². The number of nitrogens with one attached hydrogen (secondary N) is 2. The average molecular weight is 572 g/mol. The van der Waals surface area contributed by atoms with Crippen LogP contribution in [0.15, 0.2) is 34.5 Å². The van der Waals surface area contributed by atoms with E-state index in [1.165, 1.54) is 0 Å². The van der Waals surface area contributed by atoms with Gasteiger partial charge < -0.3 is 21.7 Å². The quantitative estimate of drug-likeness (QED) is 0.0937. The highest BCUT2D eigenvalue weighted by atomic mass is 16.7. The largest absolute Gasteiger partial charge is 0.497 e. The first-order valence-electron chi connectivity index (χ1n) is 9.01. The number of phenolic OH excluding ortho intramolecular Hbond substituents is 2. The standard InChI is InChI=1S/2C6H3N3O7.C2H6N6/c2*10-6-4(8(13)14)1-3(7(11)12)2-5(6)9(15)16;3-1(4)7-8-2(5)6/h2*1-2,10H;(H3,3,4)(H3,5,6). The number of non-ortho nitro benzene ring substituents is 2. The molecule has 0 amide bonds. The van der Waals surface area contributed by atoms with Crippen molar-refractivity contribution in [2.45, 2.75) is 0 Å². The molecule has 0 unspecified atom stereocenters. The highest BCUT2D eigenvalue weighted by Crippen LogP contribution is 2.40. The lowest BCUT2D eigenvalue weighted by Crippen LogP contribution is -2.09. The first kappa shape index (κ1) is 33.0. The van der Waals surface area contributed by atoms with Gasteiger partial charge in [-0.25, -0.2) is 0 Å². The number of nitro benzene ring substituents is 6. The molecule has 0 aliphatic heterocycles. The fourth-order valence-corrected chi connectivity index (χ4v) is 2.05. The van der Waals surface area contributed by atoms with Gasteiger partial charge in [0, 0.05) is 0 Å². The number of aromatic hydroxyl groups is 2. The summed E-state index contributed by atoms with van der Waals surface area (Å²) < 4.78 is 0. The second kappa shape index (κ2) is 13.9. The highest BCUT2D eigenvalue weighted by molar-refractivity contribution is 5.79. The zero-order chi connectivity index (χ0) is 31.5. The molecule has 2 aromatic carbocycles. The Morgan fingerprint density at radius 3 is 0.875 bits per heavy atom. The molecule has 26 heteroatoms. The summed E-state index contributed by atoms with van der Waals surface area (Å²) in [5.41, 5.74) is 3.42. The van der Waals surface area contributed by atoms with E-state index in [1.807, 2.05) is 0 Å². The predicted molar refractivity (Wildman–Crippen MR) is 125 cm³/mol. The lowest BCUT2D eigenvalue weighted by molar-refractivity contribution is -0.404. The molecule has 212 valence electrons. The maximum Gasteiger partial charge on any atom is 0.324 e. The summed E-state index contributed by atoms with van der Waals surface area (Å²) in [5, 5.41) is 99.3. The van der Waals surface area contributed by atoms with Crippen molar-refractivity contribution in [3.05, 3.63) is 85.0 Å². The van der Waals surface area contributed by atoms with Crippen molar-refractivity contribution in [3.8, 4) is 11.5 Å². The monoisotopic (exact) mass is 572 g/mol. The predicted octanol–water partition coefficient (Wildman–Crippen LogP) is 1.46. The number of phenols is 2. The van der Waals surface area contributed by atoms with Gasteiger partial charge in [0.2, 0.25) is 11.9 Å². The SMILES string of the molecule is N=C(N)N=NC(=N)N.O=[N+]([O-])c1cc([N+](=O)[O-])c(O)c([N+](=O)[O-])c1.O=[N+]([O-])c1cc([N+](=O)[O-])c(O)c([N+](=O)[O-])c1. The Balaban J connectivity index is 0.000000605. The topological polar surface area (TPSA) is 424 Å². The van der Waals surface area contributed by atoms with E-state index in [-0.39, 0.29) is 0 Å². The van der Waals surface area contributed by atoms with Crippen molar-refractivity contribution in [2.24, 2.45) is 21.7 Å². The van der Waals surface area contributed by atoms with Crippen LogP contribution < -0.4 is 11.5 Å². The molecule has 26 nitrogen and oxygen atoms in total. The van der Waals surface area contributed by atoms with Crippen LogP contribution in [0.1, 0.15) is 0 Å². The van der Waals surface area contributed by atoms with E-state index in [1.54, 1.807) is 0 Å². The van der Waals surface area contributed by atoms with E-state index in [0.717, 1.165) is 0 Å². The fourth-order valence-electron chi connectivity index (χ4n) is 2.05. The van der Waals surface area contributed by atoms with Gasteiger partial charge in [-0.05, 0) is 0 Å². The van der Waals surface area contributed by atoms with E-state index in [0.29, 0.717) is 24.3 Å². The normalized spacial score (nSPS) is 9.70. The number of nitro groups is 6. The molecule has 2 rings (SSSR count). The second-order valence-electron chi connectivity index (χ2n) is 6.18. The molecular weight excluding hydrogens is 560 g/mol. The van der Waals surface area contributed by atoms with Gasteiger partial charge in [-0.15, -0.1) is 10.2 Å². The van der Waals surface area contributed by atoms with Crippen molar-refractivity contribution >= 4 is 46.0 Å². The summed E-state index contributed by atoms with van der Waals surface area (Å²) in [6, 6.07) is 1.79. The second-order valence-corrected chi connectivity index (χ2v) is 6.18. The molecule has 40 heavy (non-hydrogen) atoms. The van der Waals surface area contributed by atoms with Gasteiger partial charge in [0.05, 0.1) is 53.8 Å². The van der Waals surface area contributed by atoms with Gasteiger partial charge in [-0.3, -0.25) is 71.5 Å². The lowest BCUT2D eigenvalue weighted by atomic mass is 10.2. The maximum absolute atomic E-state index is 10.4. The van der Waals surface area contributed by atoms with Gasteiger partial charge in [-0.2, -0.15) is 0 Å². The third-order valence-corrected chi connectivity index (χ3v) is 3.58. The van der Waals surface area contributed by atoms with E-state index < -0.39 is 87.1 Å². The molecule has 0 atom stereocenters. The molecule has 0 fully saturated rings. The number of nitrogens with two attached hydrogens (primary N) is 2. The van der Waals surface area contributed by atoms with Gasteiger partial charge in [0.1, 0.15) is 0 Å². The van der Waals surface area contributed by atoms with E-state index >= 15 is 0 Å². The summed E-state index contributed by atoms with van der Waals surface area (Å²) in [6.45, 7) is 0. The molecule has 0 aliphatic rings. The molecule has 0 saturated carbocycles. The molecule has 0 bridgehead atoms. The number of benzene rings is 2. The molecule has 0 spiro atoms. The van der Waals surface area contributed by atoms with Gasteiger partial charge in [0.15, 0.2) is 0 Å². The number of hydrogen-bond donors (Lipinski definition) is 6. The zero-order valence-corrected chi connectivity index (χ0v) is 18.8. The van der Waals surface area contributed by atoms with Crippen LogP contribution in [0.2, 0.25) is 0 Å². The first-order valence-corrected chi connectivity index (χ1v) is 9.01. The molecule has 0 radical (unpaired) electrons. The van der Waals surface area contributed by atoms with E-state index in [9.17, 15) is 60.7 Å². The van der Waals surface area contributed by atoms with E-state index in [4.69, 9.17) is 32.5 Å². The van der Waals surface area contributed by atoms with Crippen molar-refractivity contribution in [1.29, 1.82) is 10.8 Å². The Labute approximate surface area is 215 Å². The van der Waals surface area contributed by atoms with Crippen molar-refractivity contribution in [2.75, 3.05) is 0 Å². The Morgan fingerprint density at radius 2 is 0.750 bits per heavy atom. The first-order chi connectivity index (χ1) is 18.3. The maximum atomic E-state index is 10.4. The van der Waals surface area contributed by atoms with E-state index in [2.05, 4.69) is 10.2 Å². The minimum Gasteiger partial charge on any atom is -0.497 e. The molecule has 8 N–H and O–H groups in total. The highest BCUT2D eigenvalue weighted by Gasteiger charge is 2.31. The van der Waals surface area contributed by atoms with Crippen LogP contribution >= 0.6 is 0 Å². The molecule has 0 aliphatic carbocycles. The lowest BCUT2D eigenvalue weighted by Gasteiger charge is -1.97. The fraction of sp³-hybridized carbons (Fsp3) is 0. The summed E-state index contributed by atoms with van der Waals surface area (Å²) in [7, 11) is 0. The van der Waals surface area contributed by atoms with Crippen LogP contribution in [0.25, 0.3) is 0 Å². The Morgan fingerprint density at radius 1 is 0.550 bits per heavy atom. The third kappa shape index (κ3) is 9.56. The molecule has 0 heterocycles. The molecular formula is C14H12N12O14. The van der Waals surface area contributed by atoms with Crippen molar-refractivity contribution in [3.63, 3.8) is 0 Å². The van der Waals surface area contributed by atoms with Crippen LogP contribution in [0.3, 0.4) is 0 Å². The van der Waals surface area contributed by atoms with Gasteiger partial charge in [-0.1, -0.05) is 0 Å². The number of rotatable bonds is 6. The number of hydrogen-bond acceptors (Lipinski definition) is 16.